The number of hydrogen-bond donors (Lipinski definition) is 0. The van der Waals surface area contributed by atoms with E-state index in [4.69, 9.17) is 11.6 Å². The Morgan fingerprint density at radius 3 is 2.59 bits per heavy atom. The predicted octanol–water partition coefficient (Wildman–Crippen LogP) is 2.60. The first-order valence-corrected chi connectivity index (χ1v) is 6.61. The minimum Gasteiger partial charge on any atom is -0.355 e. The maximum atomic E-state index is 5.85. The molecule has 1 rings (SSSR count). The number of aromatic nitrogens is 1. The van der Waals surface area contributed by atoms with E-state index >= 15 is 0 Å². The molecule has 1 aromatic rings. The zero-order valence-electron chi connectivity index (χ0n) is 11.0. The zero-order valence-corrected chi connectivity index (χ0v) is 11.7. The molecule has 0 aromatic carbocycles. The molecule has 0 aliphatic carbocycles. The van der Waals surface area contributed by atoms with Gasteiger partial charge in [0.1, 0.15) is 5.82 Å². The van der Waals surface area contributed by atoms with Crippen LogP contribution in [0.3, 0.4) is 0 Å². The van der Waals surface area contributed by atoms with Gasteiger partial charge in [0.25, 0.3) is 0 Å². The lowest BCUT2D eigenvalue weighted by atomic mass is 10.2. The molecule has 0 N–H and O–H groups in total. The van der Waals surface area contributed by atoms with Crippen molar-refractivity contribution < 1.29 is 0 Å². The summed E-state index contributed by atoms with van der Waals surface area (Å²) in [5.41, 5.74) is 1.13. The molecule has 0 unspecified atom stereocenters. The largest absolute Gasteiger partial charge is 0.355 e. The molecule has 0 aliphatic rings. The molecule has 96 valence electrons. The maximum absolute atomic E-state index is 5.85. The van der Waals surface area contributed by atoms with Crippen molar-refractivity contribution in [1.29, 1.82) is 0 Å². The van der Waals surface area contributed by atoms with Gasteiger partial charge in [-0.05, 0) is 38.2 Å². The summed E-state index contributed by atoms with van der Waals surface area (Å²) in [7, 11) is 4.18. The highest BCUT2D eigenvalue weighted by atomic mass is 35.5. The number of likely N-dealkylation sites (N-methyl/N-ethyl adjacent to an activating group) is 1. The second-order valence-electron chi connectivity index (χ2n) is 4.45. The number of alkyl halides is 1. The standard InChI is InChI=1S/C13H22ClN3/c1-4-7-17(9-8-16(2)3)13-10-12(11-14)5-6-15-13/h5-6,10H,4,7-9,11H2,1-3H3. The van der Waals surface area contributed by atoms with Crippen LogP contribution in [0.4, 0.5) is 5.82 Å². The SMILES string of the molecule is CCCN(CCN(C)C)c1cc(CCl)ccn1. The molecular weight excluding hydrogens is 234 g/mol. The Hall–Kier alpha value is -0.800. The van der Waals surface area contributed by atoms with E-state index < -0.39 is 0 Å². The van der Waals surface area contributed by atoms with Crippen molar-refractivity contribution in [3.8, 4) is 0 Å². The van der Waals surface area contributed by atoms with Crippen molar-refractivity contribution in [1.82, 2.24) is 9.88 Å². The topological polar surface area (TPSA) is 19.4 Å². The Morgan fingerprint density at radius 1 is 1.24 bits per heavy atom. The van der Waals surface area contributed by atoms with E-state index in [-0.39, 0.29) is 0 Å². The molecular formula is C13H22ClN3. The van der Waals surface area contributed by atoms with Gasteiger partial charge in [0.15, 0.2) is 0 Å². The Bertz CT molecular complexity index is 328. The molecule has 0 saturated heterocycles. The van der Waals surface area contributed by atoms with Crippen molar-refractivity contribution in [2.24, 2.45) is 0 Å². The lowest BCUT2D eigenvalue weighted by Crippen LogP contribution is -2.32. The lowest BCUT2D eigenvalue weighted by molar-refractivity contribution is 0.412. The highest BCUT2D eigenvalue weighted by Gasteiger charge is 2.07. The number of anilines is 1. The molecule has 0 spiro atoms. The van der Waals surface area contributed by atoms with E-state index in [0.29, 0.717) is 5.88 Å². The fourth-order valence-electron chi connectivity index (χ4n) is 1.65. The average molecular weight is 256 g/mol. The highest BCUT2D eigenvalue weighted by molar-refractivity contribution is 6.17. The molecule has 0 radical (unpaired) electrons. The van der Waals surface area contributed by atoms with Crippen LogP contribution in [-0.2, 0) is 5.88 Å². The fourth-order valence-corrected chi connectivity index (χ4v) is 1.81. The minimum absolute atomic E-state index is 0.545. The summed E-state index contributed by atoms with van der Waals surface area (Å²) >= 11 is 5.85. The Morgan fingerprint density at radius 2 is 2.00 bits per heavy atom. The van der Waals surface area contributed by atoms with Crippen LogP contribution in [0.15, 0.2) is 18.3 Å². The third-order valence-electron chi connectivity index (χ3n) is 2.60. The third kappa shape index (κ3) is 4.92. The summed E-state index contributed by atoms with van der Waals surface area (Å²) in [5, 5.41) is 0. The van der Waals surface area contributed by atoms with E-state index in [1.165, 1.54) is 0 Å². The van der Waals surface area contributed by atoms with Gasteiger partial charge in [-0.1, -0.05) is 6.92 Å². The maximum Gasteiger partial charge on any atom is 0.128 e. The van der Waals surface area contributed by atoms with Gasteiger partial charge in [-0.15, -0.1) is 11.6 Å². The van der Waals surface area contributed by atoms with Crippen molar-refractivity contribution in [2.75, 3.05) is 38.6 Å². The van der Waals surface area contributed by atoms with Crippen molar-refractivity contribution >= 4 is 17.4 Å². The first-order chi connectivity index (χ1) is 8.17. The number of halogens is 1. The molecule has 3 nitrogen and oxygen atoms in total. The monoisotopic (exact) mass is 255 g/mol. The molecule has 1 aromatic heterocycles. The fraction of sp³-hybridized carbons (Fsp3) is 0.615. The van der Waals surface area contributed by atoms with Gasteiger partial charge < -0.3 is 9.80 Å². The molecule has 4 heteroatoms. The van der Waals surface area contributed by atoms with Crippen LogP contribution in [0.25, 0.3) is 0 Å². The van der Waals surface area contributed by atoms with Gasteiger partial charge in [-0.3, -0.25) is 0 Å². The first-order valence-electron chi connectivity index (χ1n) is 6.08. The summed E-state index contributed by atoms with van der Waals surface area (Å²) in [6, 6.07) is 4.05. The van der Waals surface area contributed by atoms with Crippen LogP contribution in [0.1, 0.15) is 18.9 Å². The van der Waals surface area contributed by atoms with Gasteiger partial charge in [-0.2, -0.15) is 0 Å². The molecule has 0 bridgehead atoms. The quantitative estimate of drug-likeness (QED) is 0.699. The summed E-state index contributed by atoms with van der Waals surface area (Å²) in [6.45, 7) is 5.26. The van der Waals surface area contributed by atoms with E-state index in [1.807, 2.05) is 12.3 Å². The summed E-state index contributed by atoms with van der Waals surface area (Å²) in [5.74, 6) is 1.58. The summed E-state index contributed by atoms with van der Waals surface area (Å²) in [6.07, 6.45) is 2.96. The molecule has 0 saturated carbocycles. The van der Waals surface area contributed by atoms with Crippen LogP contribution in [0.2, 0.25) is 0 Å². The first kappa shape index (κ1) is 14.3. The molecule has 1 heterocycles. The smallest absolute Gasteiger partial charge is 0.128 e. The normalized spacial score (nSPS) is 10.9. The third-order valence-corrected chi connectivity index (χ3v) is 2.91. The molecule has 0 fully saturated rings. The summed E-state index contributed by atoms with van der Waals surface area (Å²) in [4.78, 5) is 8.94. The predicted molar refractivity (Wildman–Crippen MR) is 74.9 cm³/mol. The molecule has 0 atom stereocenters. The number of hydrogen-bond acceptors (Lipinski definition) is 3. The van der Waals surface area contributed by atoms with Gasteiger partial charge >= 0.3 is 0 Å². The van der Waals surface area contributed by atoms with Crippen LogP contribution in [0.5, 0.6) is 0 Å². The Labute approximate surface area is 109 Å². The molecule has 17 heavy (non-hydrogen) atoms. The van der Waals surface area contributed by atoms with Gasteiger partial charge in [-0.25, -0.2) is 4.98 Å². The number of pyridine rings is 1. The highest BCUT2D eigenvalue weighted by Crippen LogP contribution is 2.14. The Kier molecular flexibility index (Phi) is 6.30. The Balaban J connectivity index is 2.73. The van der Waals surface area contributed by atoms with Crippen LogP contribution >= 0.6 is 11.6 Å². The van der Waals surface area contributed by atoms with Gasteiger partial charge in [0, 0.05) is 31.7 Å². The van der Waals surface area contributed by atoms with Gasteiger partial charge in [0.05, 0.1) is 0 Å². The van der Waals surface area contributed by atoms with Crippen LogP contribution in [-0.4, -0.2) is 43.6 Å². The van der Waals surface area contributed by atoms with Crippen LogP contribution < -0.4 is 4.90 Å². The summed E-state index contributed by atoms with van der Waals surface area (Å²) < 4.78 is 0. The van der Waals surface area contributed by atoms with Crippen LogP contribution in [0, 0.1) is 0 Å². The minimum atomic E-state index is 0.545. The lowest BCUT2D eigenvalue weighted by Gasteiger charge is -2.25. The molecule has 0 amide bonds. The zero-order chi connectivity index (χ0) is 12.7. The van der Waals surface area contributed by atoms with Crippen molar-refractivity contribution in [2.45, 2.75) is 19.2 Å². The average Bonchev–Trinajstić information content (AvgIpc) is 2.34. The van der Waals surface area contributed by atoms with E-state index in [2.05, 4.69) is 41.9 Å². The number of rotatable bonds is 7. The van der Waals surface area contributed by atoms with Crippen molar-refractivity contribution in [3.05, 3.63) is 23.9 Å². The second kappa shape index (κ2) is 7.51. The van der Waals surface area contributed by atoms with E-state index in [1.54, 1.807) is 0 Å². The number of nitrogens with zero attached hydrogens (tertiary/aromatic N) is 3. The van der Waals surface area contributed by atoms with Crippen molar-refractivity contribution in [3.63, 3.8) is 0 Å². The van der Waals surface area contributed by atoms with E-state index in [0.717, 1.165) is 37.4 Å². The molecule has 0 aliphatic heterocycles. The second-order valence-corrected chi connectivity index (χ2v) is 4.71. The van der Waals surface area contributed by atoms with E-state index in [9.17, 15) is 0 Å². The van der Waals surface area contributed by atoms with Gasteiger partial charge in [0.2, 0.25) is 0 Å².